The summed E-state index contributed by atoms with van der Waals surface area (Å²) in [6.45, 7) is 1.47. The van der Waals surface area contributed by atoms with Crippen molar-refractivity contribution in [2.24, 2.45) is 0 Å². The third-order valence-corrected chi connectivity index (χ3v) is 3.96. The van der Waals surface area contributed by atoms with Gasteiger partial charge in [0, 0.05) is 11.3 Å². The van der Waals surface area contributed by atoms with Gasteiger partial charge in [0.1, 0.15) is 17.2 Å². The highest BCUT2D eigenvalue weighted by molar-refractivity contribution is 7.99. The Morgan fingerprint density at radius 2 is 2.05 bits per heavy atom. The van der Waals surface area contributed by atoms with Gasteiger partial charge in [0.2, 0.25) is 0 Å². The summed E-state index contributed by atoms with van der Waals surface area (Å²) in [6, 6.07) is 2.76. The van der Waals surface area contributed by atoms with Gasteiger partial charge in [-0.15, -0.1) is 0 Å². The second-order valence-electron chi connectivity index (χ2n) is 4.15. The van der Waals surface area contributed by atoms with E-state index in [9.17, 15) is 13.6 Å². The molecule has 1 aromatic rings. The zero-order valence-corrected chi connectivity index (χ0v) is 11.8. The van der Waals surface area contributed by atoms with E-state index >= 15 is 0 Å². The summed E-state index contributed by atoms with van der Waals surface area (Å²) in [7, 11) is 0. The fraction of sp³-hybridized carbons (Fsp3) is 0.385. The van der Waals surface area contributed by atoms with Crippen LogP contribution in [0.4, 0.5) is 8.78 Å². The van der Waals surface area contributed by atoms with Crippen LogP contribution in [0.1, 0.15) is 22.8 Å². The van der Waals surface area contributed by atoms with Crippen molar-refractivity contribution in [1.82, 2.24) is 5.32 Å². The summed E-state index contributed by atoms with van der Waals surface area (Å²) in [5.74, 6) is -3.09. The maximum atomic E-state index is 13.7. The summed E-state index contributed by atoms with van der Waals surface area (Å²) < 4.78 is 27.3. The maximum Gasteiger partial charge on any atom is 0.257 e. The van der Waals surface area contributed by atoms with E-state index in [4.69, 9.17) is 10.4 Å². The molecule has 0 spiro atoms. The summed E-state index contributed by atoms with van der Waals surface area (Å²) >= 11 is 1.33. The first kappa shape index (κ1) is 16.4. The van der Waals surface area contributed by atoms with Crippen LogP contribution in [0.2, 0.25) is 0 Å². The summed E-state index contributed by atoms with van der Waals surface area (Å²) in [4.78, 5) is 11.9. The Hall–Kier alpha value is -1.65. The minimum Gasteiger partial charge on any atom is -0.395 e. The number of nitrogens with zero attached hydrogens (tertiary/aromatic N) is 1. The van der Waals surface area contributed by atoms with E-state index in [1.165, 1.54) is 11.8 Å². The largest absolute Gasteiger partial charge is 0.395 e. The molecule has 2 unspecified atom stereocenters. The van der Waals surface area contributed by atoms with Crippen LogP contribution in [0, 0.1) is 23.0 Å². The fourth-order valence-corrected chi connectivity index (χ4v) is 2.29. The molecule has 2 atom stereocenters. The first-order valence-corrected chi connectivity index (χ1v) is 7.07. The van der Waals surface area contributed by atoms with Gasteiger partial charge in [-0.05, 0) is 25.3 Å². The van der Waals surface area contributed by atoms with E-state index in [-0.39, 0.29) is 17.4 Å². The van der Waals surface area contributed by atoms with Crippen LogP contribution in [0.25, 0.3) is 0 Å². The number of carbonyl (C=O) groups excluding carboxylic acids is 1. The lowest BCUT2D eigenvalue weighted by Crippen LogP contribution is -2.41. The normalized spacial score (nSPS) is 13.4. The topological polar surface area (TPSA) is 73.1 Å². The lowest BCUT2D eigenvalue weighted by atomic mass is 10.1. The Morgan fingerprint density at radius 1 is 1.50 bits per heavy atom. The zero-order chi connectivity index (χ0) is 15.3. The molecule has 2 N–H and O–H groups in total. The van der Waals surface area contributed by atoms with Crippen molar-refractivity contribution in [2.75, 3.05) is 12.9 Å². The number of hydrogen-bond donors (Lipinski definition) is 2. The van der Waals surface area contributed by atoms with Gasteiger partial charge >= 0.3 is 0 Å². The van der Waals surface area contributed by atoms with E-state index in [1.807, 2.05) is 0 Å². The lowest BCUT2D eigenvalue weighted by molar-refractivity contribution is 0.0927. The molecule has 0 aliphatic rings. The molecule has 4 nitrogen and oxygen atoms in total. The molecule has 0 bridgehead atoms. The summed E-state index contributed by atoms with van der Waals surface area (Å²) in [5.41, 5.74) is -0.921. The lowest BCUT2D eigenvalue weighted by Gasteiger charge is -2.21. The number of aliphatic hydroxyl groups is 1. The highest BCUT2D eigenvalue weighted by Gasteiger charge is 2.23. The van der Waals surface area contributed by atoms with E-state index in [1.54, 1.807) is 19.2 Å². The van der Waals surface area contributed by atoms with Crippen LogP contribution < -0.4 is 5.32 Å². The van der Waals surface area contributed by atoms with Crippen molar-refractivity contribution in [3.05, 3.63) is 34.9 Å². The number of amides is 1. The molecule has 1 aromatic carbocycles. The van der Waals surface area contributed by atoms with Crippen LogP contribution >= 0.6 is 11.8 Å². The Bertz CT molecular complexity index is 519. The molecule has 1 amide bonds. The molecule has 7 heteroatoms. The molecule has 0 aromatic heterocycles. The molecule has 0 fully saturated rings. The molecule has 0 radical (unpaired) electrons. The highest BCUT2D eigenvalue weighted by atomic mass is 32.2. The van der Waals surface area contributed by atoms with Gasteiger partial charge in [-0.2, -0.15) is 17.0 Å². The summed E-state index contributed by atoms with van der Waals surface area (Å²) in [5, 5.41) is 19.8. The number of nitrogens with one attached hydrogen (secondary N) is 1. The third-order valence-electron chi connectivity index (χ3n) is 2.80. The standard InChI is InChI=1S/C13H14F2N2O2S/c1-7(11(6-18)20-2)17-13(19)12-9(14)3-8(5-16)4-10(12)15/h3-4,7,11,18H,6H2,1-2H3,(H,17,19). The van der Waals surface area contributed by atoms with E-state index < -0.39 is 29.1 Å². The average Bonchev–Trinajstić information content (AvgIpc) is 2.38. The molecule has 0 heterocycles. The maximum absolute atomic E-state index is 13.7. The van der Waals surface area contributed by atoms with E-state index in [0.29, 0.717) is 0 Å². The molecular formula is C13H14F2N2O2S. The zero-order valence-electron chi connectivity index (χ0n) is 11.0. The predicted molar refractivity (Wildman–Crippen MR) is 72.4 cm³/mol. The first-order valence-electron chi connectivity index (χ1n) is 5.78. The Morgan fingerprint density at radius 3 is 2.45 bits per heavy atom. The van der Waals surface area contributed by atoms with Gasteiger partial charge in [0.15, 0.2) is 0 Å². The predicted octanol–water partition coefficient (Wildman–Crippen LogP) is 1.68. The Balaban J connectivity index is 2.97. The second kappa shape index (κ2) is 7.22. The van der Waals surface area contributed by atoms with Crippen molar-refractivity contribution in [3.8, 4) is 6.07 Å². The number of nitriles is 1. The molecular weight excluding hydrogens is 286 g/mol. The number of thioether (sulfide) groups is 1. The fourth-order valence-electron chi connectivity index (χ4n) is 1.66. The smallest absolute Gasteiger partial charge is 0.257 e. The highest BCUT2D eigenvalue weighted by Crippen LogP contribution is 2.16. The van der Waals surface area contributed by atoms with E-state index in [0.717, 1.165) is 12.1 Å². The van der Waals surface area contributed by atoms with Crippen LogP contribution in [-0.4, -0.2) is 35.2 Å². The van der Waals surface area contributed by atoms with Gasteiger partial charge in [0.05, 0.1) is 18.2 Å². The number of aliphatic hydroxyl groups excluding tert-OH is 1. The quantitative estimate of drug-likeness (QED) is 0.867. The van der Waals surface area contributed by atoms with Gasteiger partial charge in [-0.1, -0.05) is 0 Å². The number of rotatable bonds is 5. The third kappa shape index (κ3) is 3.68. The minimum absolute atomic E-state index is 0.166. The van der Waals surface area contributed by atoms with Crippen LogP contribution in [-0.2, 0) is 0 Å². The number of halogens is 2. The van der Waals surface area contributed by atoms with E-state index in [2.05, 4.69) is 5.32 Å². The second-order valence-corrected chi connectivity index (χ2v) is 5.22. The molecule has 0 aliphatic carbocycles. The van der Waals surface area contributed by atoms with Gasteiger partial charge in [-0.25, -0.2) is 8.78 Å². The Labute approximate surface area is 119 Å². The molecule has 1 rings (SSSR count). The van der Waals surface area contributed by atoms with Crippen molar-refractivity contribution < 1.29 is 18.7 Å². The Kier molecular flexibility index (Phi) is 5.92. The number of benzene rings is 1. The summed E-state index contributed by atoms with van der Waals surface area (Å²) in [6.07, 6.45) is 1.76. The van der Waals surface area contributed by atoms with Gasteiger partial charge in [-0.3, -0.25) is 4.79 Å². The van der Waals surface area contributed by atoms with Crippen LogP contribution in [0.3, 0.4) is 0 Å². The minimum atomic E-state index is -1.09. The SMILES string of the molecule is CSC(CO)C(C)NC(=O)c1c(F)cc(C#N)cc1F. The monoisotopic (exact) mass is 300 g/mol. The molecule has 20 heavy (non-hydrogen) atoms. The van der Waals surface area contributed by atoms with Crippen LogP contribution in [0.5, 0.6) is 0 Å². The van der Waals surface area contributed by atoms with Crippen molar-refractivity contribution in [1.29, 1.82) is 5.26 Å². The van der Waals surface area contributed by atoms with Gasteiger partial charge in [0.25, 0.3) is 5.91 Å². The molecule has 108 valence electrons. The van der Waals surface area contributed by atoms with Crippen molar-refractivity contribution in [3.63, 3.8) is 0 Å². The number of hydrogen-bond acceptors (Lipinski definition) is 4. The van der Waals surface area contributed by atoms with Crippen molar-refractivity contribution >= 4 is 17.7 Å². The average molecular weight is 300 g/mol. The van der Waals surface area contributed by atoms with Crippen molar-refractivity contribution in [2.45, 2.75) is 18.2 Å². The molecule has 0 aliphatic heterocycles. The first-order chi connectivity index (χ1) is 9.44. The molecule has 0 saturated carbocycles. The van der Waals surface area contributed by atoms with Crippen LogP contribution in [0.15, 0.2) is 12.1 Å². The van der Waals surface area contributed by atoms with Gasteiger partial charge < -0.3 is 10.4 Å². The number of carbonyl (C=O) groups is 1. The molecule has 0 saturated heterocycles.